The first kappa shape index (κ1) is 15.7. The maximum absolute atomic E-state index is 12.2. The molecule has 23 heavy (non-hydrogen) atoms. The summed E-state index contributed by atoms with van der Waals surface area (Å²) in [5.74, 6) is 0. The highest BCUT2D eigenvalue weighted by Crippen LogP contribution is 2.28. The van der Waals surface area contributed by atoms with Gasteiger partial charge in [0.2, 0.25) is 5.69 Å². The molecular formula is C19H14ClNOS. The second-order valence-corrected chi connectivity index (χ2v) is 6.44. The lowest BCUT2D eigenvalue weighted by molar-refractivity contribution is -0.354. The Morgan fingerprint density at radius 1 is 0.783 bits per heavy atom. The van der Waals surface area contributed by atoms with Crippen LogP contribution in [0.2, 0.25) is 5.02 Å². The molecule has 0 saturated heterocycles. The van der Waals surface area contributed by atoms with Crippen molar-refractivity contribution in [3.63, 3.8) is 0 Å². The van der Waals surface area contributed by atoms with E-state index in [1.165, 1.54) is 11.1 Å². The molecule has 0 radical (unpaired) electrons. The largest absolute Gasteiger partial charge is 0.618 e. The molecule has 0 fully saturated rings. The van der Waals surface area contributed by atoms with E-state index in [9.17, 15) is 5.21 Å². The highest BCUT2D eigenvalue weighted by atomic mass is 35.5. The molecule has 0 aliphatic heterocycles. The summed E-state index contributed by atoms with van der Waals surface area (Å²) in [6, 6.07) is 24.9. The molecule has 0 heterocycles. The number of benzene rings is 3. The summed E-state index contributed by atoms with van der Waals surface area (Å²) in [5, 5.41) is 12.8. The van der Waals surface area contributed by atoms with Crippen LogP contribution in [0.1, 0.15) is 5.56 Å². The molecule has 0 spiro atoms. The van der Waals surface area contributed by atoms with Gasteiger partial charge in [0, 0.05) is 21.9 Å². The lowest BCUT2D eigenvalue weighted by Crippen LogP contribution is -1.99. The van der Waals surface area contributed by atoms with Crippen LogP contribution in [0.4, 0.5) is 5.69 Å². The standard InChI is InChI=1S/C19H14ClNOS/c20-19-9-5-4-6-15(19)14-21(22)16-10-12-18(13-11-16)23-17-7-2-1-3-8-17/h1-14H/b21-14-. The SMILES string of the molecule is [O-]/[N+](=C\c1ccccc1Cl)c1ccc(Sc2ccccc2)cc1. The van der Waals surface area contributed by atoms with Crippen molar-refractivity contribution >= 4 is 35.3 Å². The van der Waals surface area contributed by atoms with Crippen molar-refractivity contribution in [2.24, 2.45) is 0 Å². The molecule has 0 amide bonds. The van der Waals surface area contributed by atoms with E-state index in [2.05, 4.69) is 12.1 Å². The smallest absolute Gasteiger partial charge is 0.216 e. The highest BCUT2D eigenvalue weighted by molar-refractivity contribution is 7.99. The van der Waals surface area contributed by atoms with Gasteiger partial charge in [0.05, 0.1) is 10.6 Å². The Kier molecular flexibility index (Phi) is 5.01. The van der Waals surface area contributed by atoms with Crippen LogP contribution in [0.15, 0.2) is 88.7 Å². The Morgan fingerprint density at radius 2 is 1.39 bits per heavy atom. The Balaban J connectivity index is 1.78. The molecule has 2 nitrogen and oxygen atoms in total. The molecule has 0 aliphatic carbocycles. The van der Waals surface area contributed by atoms with Crippen LogP contribution >= 0.6 is 23.4 Å². The molecule has 0 N–H and O–H groups in total. The lowest BCUT2D eigenvalue weighted by atomic mass is 10.2. The molecule has 0 aliphatic rings. The Hall–Kier alpha value is -2.23. The van der Waals surface area contributed by atoms with Gasteiger partial charge >= 0.3 is 0 Å². The molecule has 3 rings (SSSR count). The number of hydrogen-bond acceptors (Lipinski definition) is 2. The minimum Gasteiger partial charge on any atom is -0.618 e. The fourth-order valence-electron chi connectivity index (χ4n) is 2.07. The maximum atomic E-state index is 12.2. The fraction of sp³-hybridized carbons (Fsp3) is 0. The summed E-state index contributed by atoms with van der Waals surface area (Å²) in [7, 11) is 0. The highest BCUT2D eigenvalue weighted by Gasteiger charge is 2.05. The Labute approximate surface area is 144 Å². The van der Waals surface area contributed by atoms with Crippen LogP contribution < -0.4 is 0 Å². The monoisotopic (exact) mass is 339 g/mol. The molecule has 114 valence electrons. The molecule has 3 aromatic carbocycles. The van der Waals surface area contributed by atoms with E-state index in [0.29, 0.717) is 16.3 Å². The van der Waals surface area contributed by atoms with E-state index in [1.54, 1.807) is 17.8 Å². The first-order valence-corrected chi connectivity index (χ1v) is 8.30. The van der Waals surface area contributed by atoms with Crippen LogP contribution in [-0.4, -0.2) is 11.0 Å². The fourth-order valence-corrected chi connectivity index (χ4v) is 3.09. The molecule has 0 saturated carbocycles. The van der Waals surface area contributed by atoms with Crippen LogP contribution in [0.5, 0.6) is 0 Å². The van der Waals surface area contributed by atoms with Crippen molar-refractivity contribution < 1.29 is 4.74 Å². The summed E-state index contributed by atoms with van der Waals surface area (Å²) in [5.41, 5.74) is 1.27. The molecule has 0 unspecified atom stereocenters. The van der Waals surface area contributed by atoms with E-state index in [1.807, 2.05) is 60.7 Å². The first-order valence-electron chi connectivity index (χ1n) is 7.11. The summed E-state index contributed by atoms with van der Waals surface area (Å²) in [4.78, 5) is 2.26. The van der Waals surface area contributed by atoms with E-state index in [0.717, 1.165) is 9.63 Å². The number of hydrogen-bond donors (Lipinski definition) is 0. The third-order valence-electron chi connectivity index (χ3n) is 3.23. The van der Waals surface area contributed by atoms with Crippen LogP contribution in [0, 0.1) is 5.21 Å². The summed E-state index contributed by atoms with van der Waals surface area (Å²) in [6.07, 6.45) is 1.49. The van der Waals surface area contributed by atoms with E-state index >= 15 is 0 Å². The van der Waals surface area contributed by atoms with Gasteiger partial charge < -0.3 is 5.21 Å². The zero-order valence-electron chi connectivity index (χ0n) is 12.2. The molecule has 4 heteroatoms. The van der Waals surface area contributed by atoms with Gasteiger partial charge in [0.25, 0.3) is 0 Å². The second-order valence-electron chi connectivity index (χ2n) is 4.89. The average molecular weight is 340 g/mol. The van der Waals surface area contributed by atoms with Gasteiger partial charge in [-0.15, -0.1) is 0 Å². The number of nitrogens with zero attached hydrogens (tertiary/aromatic N) is 1. The normalized spacial score (nSPS) is 11.4. The summed E-state index contributed by atoms with van der Waals surface area (Å²) < 4.78 is 0.832. The van der Waals surface area contributed by atoms with Crippen molar-refractivity contribution in [2.75, 3.05) is 0 Å². The van der Waals surface area contributed by atoms with Gasteiger partial charge in [-0.25, -0.2) is 0 Å². The van der Waals surface area contributed by atoms with Crippen molar-refractivity contribution in [3.8, 4) is 0 Å². The summed E-state index contributed by atoms with van der Waals surface area (Å²) >= 11 is 7.73. The van der Waals surface area contributed by atoms with Gasteiger partial charge in [-0.2, -0.15) is 4.74 Å². The van der Waals surface area contributed by atoms with Crippen LogP contribution in [0.25, 0.3) is 0 Å². The van der Waals surface area contributed by atoms with Gasteiger partial charge in [0.1, 0.15) is 0 Å². The lowest BCUT2D eigenvalue weighted by Gasteiger charge is -2.05. The third kappa shape index (κ3) is 4.15. The maximum Gasteiger partial charge on any atom is 0.216 e. The first-order chi connectivity index (χ1) is 11.2. The van der Waals surface area contributed by atoms with E-state index in [-0.39, 0.29) is 0 Å². The van der Waals surface area contributed by atoms with Crippen molar-refractivity contribution in [1.82, 2.24) is 0 Å². The number of rotatable bonds is 4. The Bertz CT molecular complexity index is 816. The van der Waals surface area contributed by atoms with Gasteiger partial charge in [-0.05, 0) is 36.4 Å². The molecular weight excluding hydrogens is 326 g/mol. The second kappa shape index (κ2) is 7.36. The molecule has 0 bridgehead atoms. The van der Waals surface area contributed by atoms with Crippen LogP contribution in [-0.2, 0) is 0 Å². The van der Waals surface area contributed by atoms with Crippen molar-refractivity contribution in [1.29, 1.82) is 0 Å². The van der Waals surface area contributed by atoms with E-state index in [4.69, 9.17) is 11.6 Å². The minimum atomic E-state index is 0.560. The molecule has 3 aromatic rings. The van der Waals surface area contributed by atoms with Gasteiger partial charge in [0.15, 0.2) is 6.21 Å². The minimum absolute atomic E-state index is 0.560. The third-order valence-corrected chi connectivity index (χ3v) is 4.59. The van der Waals surface area contributed by atoms with E-state index < -0.39 is 0 Å². The number of halogens is 1. The molecule has 0 atom stereocenters. The summed E-state index contributed by atoms with van der Waals surface area (Å²) in [6.45, 7) is 0. The Morgan fingerprint density at radius 3 is 2.09 bits per heavy atom. The topological polar surface area (TPSA) is 26.1 Å². The van der Waals surface area contributed by atoms with Crippen molar-refractivity contribution in [2.45, 2.75) is 9.79 Å². The average Bonchev–Trinajstić information content (AvgIpc) is 2.58. The van der Waals surface area contributed by atoms with Gasteiger partial charge in [-0.1, -0.05) is 53.7 Å². The quantitative estimate of drug-likeness (QED) is 0.262. The zero-order valence-corrected chi connectivity index (χ0v) is 13.8. The van der Waals surface area contributed by atoms with Crippen LogP contribution in [0.3, 0.4) is 0 Å². The zero-order chi connectivity index (χ0) is 16.1. The van der Waals surface area contributed by atoms with Crippen molar-refractivity contribution in [3.05, 3.63) is 94.7 Å². The molecule has 0 aromatic heterocycles. The predicted molar refractivity (Wildman–Crippen MR) is 96.9 cm³/mol. The van der Waals surface area contributed by atoms with Gasteiger partial charge in [-0.3, -0.25) is 0 Å². The predicted octanol–water partition coefficient (Wildman–Crippen LogP) is 5.75.